The molecule has 2 N–H and O–H groups in total. The number of nitrogens with two attached hydrogens (primary N) is 1. The van der Waals surface area contributed by atoms with Crippen LogP contribution in [-0.2, 0) is 6.54 Å². The number of likely N-dealkylation sites (tertiary alicyclic amines) is 1. The van der Waals surface area contributed by atoms with E-state index in [2.05, 4.69) is 25.9 Å². The maximum absolute atomic E-state index is 5.87. The molecule has 1 aliphatic heterocycles. The van der Waals surface area contributed by atoms with Crippen LogP contribution in [0.3, 0.4) is 0 Å². The molecule has 1 saturated heterocycles. The largest absolute Gasteiger partial charge is 0.326 e. The van der Waals surface area contributed by atoms with Crippen LogP contribution in [0.1, 0.15) is 12.1 Å². The van der Waals surface area contributed by atoms with Crippen LogP contribution in [0.15, 0.2) is 17.8 Å². The third kappa shape index (κ3) is 1.78. The van der Waals surface area contributed by atoms with E-state index >= 15 is 0 Å². The van der Waals surface area contributed by atoms with Crippen LogP contribution in [0.2, 0.25) is 0 Å². The molecule has 0 spiro atoms. The van der Waals surface area contributed by atoms with E-state index < -0.39 is 0 Å². The molecular formula is C10H14N4S. The van der Waals surface area contributed by atoms with Gasteiger partial charge in [-0.05, 0) is 6.42 Å². The number of thiazole rings is 1. The number of hydrogen-bond acceptors (Lipinski definition) is 4. The SMILES string of the molecule is N[C@@H]1CCN(Cc2cn3ccsc3n2)C1. The molecule has 3 heterocycles. The summed E-state index contributed by atoms with van der Waals surface area (Å²) in [7, 11) is 0. The summed E-state index contributed by atoms with van der Waals surface area (Å²) >= 11 is 1.68. The van der Waals surface area contributed by atoms with Gasteiger partial charge in [-0.2, -0.15) is 0 Å². The van der Waals surface area contributed by atoms with Crippen molar-refractivity contribution in [2.24, 2.45) is 5.73 Å². The number of nitrogens with zero attached hydrogens (tertiary/aromatic N) is 3. The first-order chi connectivity index (χ1) is 7.31. The Kier molecular flexibility index (Phi) is 2.23. The number of hydrogen-bond donors (Lipinski definition) is 1. The van der Waals surface area contributed by atoms with Crippen LogP contribution < -0.4 is 5.73 Å². The quantitative estimate of drug-likeness (QED) is 0.822. The van der Waals surface area contributed by atoms with Crippen molar-refractivity contribution in [1.82, 2.24) is 14.3 Å². The van der Waals surface area contributed by atoms with Crippen molar-refractivity contribution in [3.8, 4) is 0 Å². The molecule has 0 bridgehead atoms. The van der Waals surface area contributed by atoms with Crippen molar-refractivity contribution in [2.75, 3.05) is 13.1 Å². The first-order valence-corrected chi connectivity index (χ1v) is 6.08. The average molecular weight is 222 g/mol. The molecule has 2 aromatic rings. The van der Waals surface area contributed by atoms with Gasteiger partial charge in [-0.25, -0.2) is 4.98 Å². The van der Waals surface area contributed by atoms with Gasteiger partial charge in [0.15, 0.2) is 4.96 Å². The molecule has 2 aromatic heterocycles. The monoisotopic (exact) mass is 222 g/mol. The molecule has 1 atom stereocenters. The molecule has 3 rings (SSSR count). The van der Waals surface area contributed by atoms with Crippen LogP contribution in [-0.4, -0.2) is 33.4 Å². The Morgan fingerprint density at radius 1 is 1.60 bits per heavy atom. The van der Waals surface area contributed by atoms with E-state index in [0.717, 1.165) is 36.7 Å². The van der Waals surface area contributed by atoms with E-state index in [9.17, 15) is 0 Å². The van der Waals surface area contributed by atoms with Gasteiger partial charge in [0.2, 0.25) is 0 Å². The standard InChI is InChI=1S/C10H14N4S/c11-8-1-2-13(5-8)6-9-7-14-3-4-15-10(14)12-9/h3-4,7-8H,1-2,5-6,11H2/t8-/m1/s1. The van der Waals surface area contributed by atoms with Gasteiger partial charge in [-0.1, -0.05) is 0 Å². The number of aromatic nitrogens is 2. The summed E-state index contributed by atoms with van der Waals surface area (Å²) in [5.74, 6) is 0. The van der Waals surface area contributed by atoms with Crippen LogP contribution in [0.4, 0.5) is 0 Å². The third-order valence-electron chi connectivity index (χ3n) is 2.84. The smallest absolute Gasteiger partial charge is 0.193 e. The molecule has 5 heteroatoms. The molecule has 4 nitrogen and oxygen atoms in total. The van der Waals surface area contributed by atoms with Crippen molar-refractivity contribution in [1.29, 1.82) is 0 Å². The van der Waals surface area contributed by atoms with Crippen molar-refractivity contribution < 1.29 is 0 Å². The van der Waals surface area contributed by atoms with Gasteiger partial charge in [-0.3, -0.25) is 9.30 Å². The summed E-state index contributed by atoms with van der Waals surface area (Å²) in [5.41, 5.74) is 7.02. The second kappa shape index (κ2) is 3.59. The van der Waals surface area contributed by atoms with Crippen LogP contribution >= 0.6 is 11.3 Å². The fraction of sp³-hybridized carbons (Fsp3) is 0.500. The topological polar surface area (TPSA) is 46.6 Å². The molecule has 0 unspecified atom stereocenters. The first-order valence-electron chi connectivity index (χ1n) is 5.20. The minimum Gasteiger partial charge on any atom is -0.326 e. The second-order valence-corrected chi connectivity index (χ2v) is 4.98. The predicted octanol–water partition coefficient (Wildman–Crippen LogP) is 0.929. The van der Waals surface area contributed by atoms with E-state index in [1.165, 1.54) is 0 Å². The lowest BCUT2D eigenvalue weighted by molar-refractivity contribution is 0.323. The lowest BCUT2D eigenvalue weighted by atomic mass is 10.3. The molecule has 0 aliphatic carbocycles. The molecule has 15 heavy (non-hydrogen) atoms. The van der Waals surface area contributed by atoms with E-state index in [4.69, 9.17) is 5.73 Å². The van der Waals surface area contributed by atoms with Gasteiger partial charge in [0.25, 0.3) is 0 Å². The average Bonchev–Trinajstić information content (AvgIpc) is 2.81. The Morgan fingerprint density at radius 2 is 2.53 bits per heavy atom. The Morgan fingerprint density at radius 3 is 3.27 bits per heavy atom. The highest BCUT2D eigenvalue weighted by atomic mass is 32.1. The first kappa shape index (κ1) is 9.33. The summed E-state index contributed by atoms with van der Waals surface area (Å²) in [6, 6.07) is 0.355. The van der Waals surface area contributed by atoms with Gasteiger partial charge in [0, 0.05) is 43.4 Å². The lowest BCUT2D eigenvalue weighted by Gasteiger charge is -2.12. The number of imidazole rings is 1. The minimum atomic E-state index is 0.355. The normalized spacial score (nSPS) is 22.9. The molecule has 0 saturated carbocycles. The molecule has 0 radical (unpaired) electrons. The van der Waals surface area contributed by atoms with Crippen LogP contribution in [0.25, 0.3) is 4.96 Å². The van der Waals surface area contributed by atoms with Gasteiger partial charge >= 0.3 is 0 Å². The van der Waals surface area contributed by atoms with Crippen molar-refractivity contribution in [3.63, 3.8) is 0 Å². The summed E-state index contributed by atoms with van der Waals surface area (Å²) in [5, 5.41) is 2.05. The van der Waals surface area contributed by atoms with E-state index in [0.29, 0.717) is 6.04 Å². The maximum atomic E-state index is 5.87. The number of rotatable bonds is 2. The molecule has 1 fully saturated rings. The molecule has 0 aromatic carbocycles. The zero-order chi connectivity index (χ0) is 10.3. The van der Waals surface area contributed by atoms with Gasteiger partial charge in [0.05, 0.1) is 5.69 Å². The van der Waals surface area contributed by atoms with Gasteiger partial charge in [0.1, 0.15) is 0 Å². The van der Waals surface area contributed by atoms with E-state index in [-0.39, 0.29) is 0 Å². The van der Waals surface area contributed by atoms with E-state index in [1.54, 1.807) is 11.3 Å². The van der Waals surface area contributed by atoms with E-state index in [1.807, 2.05) is 6.20 Å². The molecule has 0 amide bonds. The fourth-order valence-corrected chi connectivity index (χ4v) is 2.81. The Bertz CT molecular complexity index is 432. The fourth-order valence-electron chi connectivity index (χ4n) is 2.09. The van der Waals surface area contributed by atoms with Crippen molar-refractivity contribution in [3.05, 3.63) is 23.5 Å². The van der Waals surface area contributed by atoms with Crippen molar-refractivity contribution >= 4 is 16.3 Å². The third-order valence-corrected chi connectivity index (χ3v) is 3.61. The maximum Gasteiger partial charge on any atom is 0.193 e. The van der Waals surface area contributed by atoms with Gasteiger partial charge in [-0.15, -0.1) is 11.3 Å². The second-order valence-electron chi connectivity index (χ2n) is 4.11. The van der Waals surface area contributed by atoms with Crippen LogP contribution in [0, 0.1) is 0 Å². The minimum absolute atomic E-state index is 0.355. The Hall–Kier alpha value is -0.910. The highest BCUT2D eigenvalue weighted by molar-refractivity contribution is 7.15. The highest BCUT2D eigenvalue weighted by Gasteiger charge is 2.19. The predicted molar refractivity (Wildman–Crippen MR) is 60.9 cm³/mol. The summed E-state index contributed by atoms with van der Waals surface area (Å²) in [6.07, 6.45) is 5.27. The lowest BCUT2D eigenvalue weighted by Crippen LogP contribution is -2.26. The molecule has 80 valence electrons. The highest BCUT2D eigenvalue weighted by Crippen LogP contribution is 2.15. The molecular weight excluding hydrogens is 208 g/mol. The van der Waals surface area contributed by atoms with Gasteiger partial charge < -0.3 is 5.73 Å². The molecule has 1 aliphatic rings. The Balaban J connectivity index is 1.75. The van der Waals surface area contributed by atoms with Crippen molar-refractivity contribution in [2.45, 2.75) is 19.0 Å². The summed E-state index contributed by atoms with van der Waals surface area (Å²) < 4.78 is 2.08. The zero-order valence-electron chi connectivity index (χ0n) is 8.47. The Labute approximate surface area is 92.3 Å². The summed E-state index contributed by atoms with van der Waals surface area (Å²) in [4.78, 5) is 8.01. The van der Waals surface area contributed by atoms with Crippen LogP contribution in [0.5, 0.6) is 0 Å². The zero-order valence-corrected chi connectivity index (χ0v) is 9.28. The number of fused-ring (bicyclic) bond motifs is 1. The summed E-state index contributed by atoms with van der Waals surface area (Å²) in [6.45, 7) is 3.04.